The lowest BCUT2D eigenvalue weighted by Crippen LogP contribution is -2.36. The largest absolute Gasteiger partial charge is 0.310 e. The summed E-state index contributed by atoms with van der Waals surface area (Å²) in [6.45, 7) is 0. The minimum atomic E-state index is -0.485. The maximum absolute atomic E-state index is 2.45. The molecule has 0 atom stereocenters. The van der Waals surface area contributed by atoms with Crippen LogP contribution in [0.1, 0.15) is 22.3 Å². The molecule has 0 bridgehead atoms. The van der Waals surface area contributed by atoms with Gasteiger partial charge in [-0.05, 0) is 122 Å². The third kappa shape index (κ3) is 5.36. The van der Waals surface area contributed by atoms with Crippen LogP contribution in [-0.2, 0) is 5.41 Å². The SMILES string of the molecule is c1ccc(-c2ccc(N(c3ccccc3)c3ccc(-c4ccc5c(c4)-c4ccccc4C54c5ccccc5N(c5ccccc5)c5ccccc54)c4ccccc34)cc2)cc1. The predicted octanol–water partition coefficient (Wildman–Crippen LogP) is 15.8. The van der Waals surface area contributed by atoms with Crippen LogP contribution in [0.25, 0.3) is 44.2 Å². The predicted molar refractivity (Wildman–Crippen MR) is 255 cm³/mol. The van der Waals surface area contributed by atoms with Gasteiger partial charge in [-0.15, -0.1) is 0 Å². The van der Waals surface area contributed by atoms with Crippen molar-refractivity contribution >= 4 is 44.9 Å². The quantitative estimate of drug-likeness (QED) is 0.166. The normalized spacial score (nSPS) is 13.0. The molecular weight excluding hydrogens is 737 g/mol. The fourth-order valence-electron chi connectivity index (χ4n) is 10.3. The highest BCUT2D eigenvalue weighted by Gasteiger charge is 2.51. The molecule has 286 valence electrons. The summed E-state index contributed by atoms with van der Waals surface area (Å²) in [5, 5.41) is 2.42. The molecule has 0 aromatic heterocycles. The van der Waals surface area contributed by atoms with Crippen LogP contribution in [0.2, 0.25) is 0 Å². The molecule has 0 saturated heterocycles. The van der Waals surface area contributed by atoms with Crippen molar-refractivity contribution in [3.63, 3.8) is 0 Å². The Labute approximate surface area is 356 Å². The second-order valence-electron chi connectivity index (χ2n) is 16.0. The molecule has 0 N–H and O–H groups in total. The summed E-state index contributed by atoms with van der Waals surface area (Å²) in [5.74, 6) is 0. The van der Waals surface area contributed by atoms with E-state index in [0.29, 0.717) is 0 Å². The molecule has 0 radical (unpaired) electrons. The smallest absolute Gasteiger partial charge is 0.0754 e. The van der Waals surface area contributed by atoms with Gasteiger partial charge in [-0.1, -0.05) is 182 Å². The van der Waals surface area contributed by atoms with E-state index in [-0.39, 0.29) is 0 Å². The maximum atomic E-state index is 2.45. The Bertz CT molecular complexity index is 3200. The van der Waals surface area contributed by atoms with E-state index in [1.807, 2.05) is 0 Å². The number of nitrogens with zero attached hydrogens (tertiary/aromatic N) is 2. The van der Waals surface area contributed by atoms with Gasteiger partial charge in [0.2, 0.25) is 0 Å². The molecule has 0 saturated carbocycles. The van der Waals surface area contributed by atoms with Crippen LogP contribution in [0.3, 0.4) is 0 Å². The van der Waals surface area contributed by atoms with Gasteiger partial charge in [-0.25, -0.2) is 0 Å². The van der Waals surface area contributed by atoms with Crippen molar-refractivity contribution in [2.24, 2.45) is 0 Å². The zero-order valence-corrected chi connectivity index (χ0v) is 33.5. The van der Waals surface area contributed by atoms with Crippen LogP contribution in [0.5, 0.6) is 0 Å². The molecule has 0 amide bonds. The number of rotatable bonds is 6. The van der Waals surface area contributed by atoms with Gasteiger partial charge in [0.1, 0.15) is 0 Å². The maximum Gasteiger partial charge on any atom is 0.0754 e. The lowest BCUT2D eigenvalue weighted by Gasteiger charge is -2.45. The fraction of sp³-hybridized carbons (Fsp3) is 0.0169. The van der Waals surface area contributed by atoms with E-state index in [1.54, 1.807) is 0 Å². The van der Waals surface area contributed by atoms with Gasteiger partial charge in [0.15, 0.2) is 0 Å². The average molecular weight is 777 g/mol. The second-order valence-corrected chi connectivity index (χ2v) is 16.0. The molecule has 1 aliphatic heterocycles. The molecule has 10 aromatic carbocycles. The zero-order valence-electron chi connectivity index (χ0n) is 33.5. The van der Waals surface area contributed by atoms with Gasteiger partial charge in [0.05, 0.1) is 22.5 Å². The summed E-state index contributed by atoms with van der Waals surface area (Å²) >= 11 is 0. The highest BCUT2D eigenvalue weighted by Crippen LogP contribution is 2.63. The zero-order chi connectivity index (χ0) is 40.3. The van der Waals surface area contributed by atoms with Crippen molar-refractivity contribution < 1.29 is 0 Å². The summed E-state index contributed by atoms with van der Waals surface area (Å²) in [6.07, 6.45) is 0. The van der Waals surface area contributed by atoms with Gasteiger partial charge in [-0.3, -0.25) is 0 Å². The Hall–Kier alpha value is -7.94. The molecular formula is C59H40N2. The number of fused-ring (bicyclic) bond motifs is 10. The molecule has 1 aliphatic carbocycles. The topological polar surface area (TPSA) is 6.48 Å². The second kappa shape index (κ2) is 14.1. The van der Waals surface area contributed by atoms with Gasteiger partial charge >= 0.3 is 0 Å². The summed E-state index contributed by atoms with van der Waals surface area (Å²) in [5.41, 5.74) is 19.1. The first-order chi connectivity index (χ1) is 30.3. The Kier molecular flexibility index (Phi) is 8.11. The molecule has 1 spiro atoms. The number of hydrogen-bond acceptors (Lipinski definition) is 2. The number of hydrogen-bond donors (Lipinski definition) is 0. The lowest BCUT2D eigenvalue weighted by atomic mass is 9.64. The van der Waals surface area contributed by atoms with E-state index in [0.717, 1.165) is 22.7 Å². The monoisotopic (exact) mass is 776 g/mol. The standard InChI is InChI=1S/C59H40N2/c1-4-18-41(19-5-1)42-32-35-46(36-33-42)60(44-20-6-2-7-21-44)56-39-37-47(48-24-10-11-26-50(48)56)43-34-38-53-51(40-43)49-25-12-13-27-52(49)59(53)54-28-14-16-30-57(54)61(45-22-8-3-9-23-45)58-31-17-15-29-55(58)59/h1-40H. The minimum absolute atomic E-state index is 0.485. The Morgan fingerprint density at radius 3 is 1.52 bits per heavy atom. The molecule has 0 unspecified atom stereocenters. The van der Waals surface area contributed by atoms with Crippen LogP contribution in [-0.4, -0.2) is 0 Å². The highest BCUT2D eigenvalue weighted by molar-refractivity contribution is 6.07. The first kappa shape index (κ1) is 35.0. The van der Waals surface area contributed by atoms with Gasteiger partial charge in [0.25, 0.3) is 0 Å². The summed E-state index contributed by atoms with van der Waals surface area (Å²) in [7, 11) is 0. The molecule has 61 heavy (non-hydrogen) atoms. The minimum Gasteiger partial charge on any atom is -0.310 e. The van der Waals surface area contributed by atoms with Crippen molar-refractivity contribution in [2.45, 2.75) is 5.41 Å². The van der Waals surface area contributed by atoms with Crippen LogP contribution in [0.4, 0.5) is 34.1 Å². The lowest BCUT2D eigenvalue weighted by molar-refractivity contribution is 0.753. The molecule has 2 nitrogen and oxygen atoms in total. The van der Waals surface area contributed by atoms with Crippen LogP contribution in [0.15, 0.2) is 243 Å². The molecule has 2 heteroatoms. The van der Waals surface area contributed by atoms with E-state index in [4.69, 9.17) is 0 Å². The first-order valence-electron chi connectivity index (χ1n) is 21.1. The van der Waals surface area contributed by atoms with Crippen molar-refractivity contribution in [1.82, 2.24) is 0 Å². The summed E-state index contributed by atoms with van der Waals surface area (Å²) in [6, 6.07) is 88.9. The van der Waals surface area contributed by atoms with E-state index in [9.17, 15) is 0 Å². The third-order valence-corrected chi connectivity index (χ3v) is 12.9. The summed E-state index contributed by atoms with van der Waals surface area (Å²) < 4.78 is 0. The number of benzene rings is 10. The Balaban J connectivity index is 1.03. The van der Waals surface area contributed by atoms with Crippen molar-refractivity contribution in [2.75, 3.05) is 9.80 Å². The van der Waals surface area contributed by atoms with Crippen LogP contribution in [0, 0.1) is 0 Å². The van der Waals surface area contributed by atoms with E-state index in [2.05, 4.69) is 252 Å². The highest BCUT2D eigenvalue weighted by atomic mass is 15.2. The van der Waals surface area contributed by atoms with Crippen molar-refractivity contribution in [1.29, 1.82) is 0 Å². The van der Waals surface area contributed by atoms with E-state index < -0.39 is 5.41 Å². The molecule has 0 fully saturated rings. The summed E-state index contributed by atoms with van der Waals surface area (Å²) in [4.78, 5) is 4.83. The van der Waals surface area contributed by atoms with Gasteiger partial charge < -0.3 is 9.80 Å². The molecule has 1 heterocycles. The van der Waals surface area contributed by atoms with E-state index in [1.165, 1.54) is 77.8 Å². The van der Waals surface area contributed by atoms with Crippen molar-refractivity contribution in [3.8, 4) is 33.4 Å². The fourth-order valence-corrected chi connectivity index (χ4v) is 10.3. The molecule has 12 rings (SSSR count). The van der Waals surface area contributed by atoms with Crippen molar-refractivity contribution in [3.05, 3.63) is 265 Å². The van der Waals surface area contributed by atoms with Gasteiger partial charge in [0, 0.05) is 22.4 Å². The molecule has 2 aliphatic rings. The number of para-hydroxylation sites is 4. The molecule has 10 aromatic rings. The van der Waals surface area contributed by atoms with Gasteiger partial charge in [-0.2, -0.15) is 0 Å². The third-order valence-electron chi connectivity index (χ3n) is 12.9. The van der Waals surface area contributed by atoms with E-state index >= 15 is 0 Å². The van der Waals surface area contributed by atoms with Crippen LogP contribution < -0.4 is 9.80 Å². The average Bonchev–Trinajstić information content (AvgIpc) is 3.63. The first-order valence-corrected chi connectivity index (χ1v) is 21.1. The Morgan fingerprint density at radius 2 is 0.820 bits per heavy atom. The Morgan fingerprint density at radius 1 is 0.311 bits per heavy atom. The van der Waals surface area contributed by atoms with Crippen LogP contribution >= 0.6 is 0 Å². The number of anilines is 6.